The van der Waals surface area contributed by atoms with E-state index in [-0.39, 0.29) is 22.7 Å². The first-order valence-electron chi connectivity index (χ1n) is 5.19. The second kappa shape index (κ2) is 5.49. The molecular weight excluding hydrogens is 262 g/mol. The van der Waals surface area contributed by atoms with Crippen molar-refractivity contribution in [1.29, 1.82) is 0 Å². The van der Waals surface area contributed by atoms with Gasteiger partial charge in [0.25, 0.3) is 0 Å². The van der Waals surface area contributed by atoms with Gasteiger partial charge in [0.1, 0.15) is 6.04 Å². The van der Waals surface area contributed by atoms with Gasteiger partial charge in [0.2, 0.25) is 5.91 Å². The van der Waals surface area contributed by atoms with Crippen LogP contribution in [-0.2, 0) is 14.3 Å². The second-order valence-electron chi connectivity index (χ2n) is 3.56. The van der Waals surface area contributed by atoms with E-state index in [0.29, 0.717) is 19.6 Å². The van der Waals surface area contributed by atoms with Crippen LogP contribution in [0.5, 0.6) is 0 Å². The number of hydrogen-bond acceptors (Lipinski definition) is 3. The molecule has 1 aliphatic heterocycles. The van der Waals surface area contributed by atoms with Crippen LogP contribution in [0.3, 0.4) is 0 Å². The number of esters is 1. The molecule has 1 amide bonds. The highest BCUT2D eigenvalue weighted by Crippen LogP contribution is 2.21. The van der Waals surface area contributed by atoms with Gasteiger partial charge >= 0.3 is 5.97 Å². The summed E-state index contributed by atoms with van der Waals surface area (Å²) in [6, 6.07) is -0.377. The summed E-state index contributed by atoms with van der Waals surface area (Å²) >= 11 is 3.22. The maximum atomic E-state index is 11.7. The summed E-state index contributed by atoms with van der Waals surface area (Å²) in [4.78, 5) is 24.7. The molecule has 5 heteroatoms. The van der Waals surface area contributed by atoms with Gasteiger partial charge in [-0.2, -0.15) is 0 Å². The number of carbonyl (C=O) groups excluding carboxylic acids is 2. The van der Waals surface area contributed by atoms with Crippen molar-refractivity contribution in [2.75, 3.05) is 13.2 Å². The lowest BCUT2D eigenvalue weighted by atomic mass is 10.2. The number of halogens is 1. The summed E-state index contributed by atoms with van der Waals surface area (Å²) in [6.07, 6.45) is 1.58. The summed E-state index contributed by atoms with van der Waals surface area (Å²) in [5.74, 6) is -0.318. The minimum Gasteiger partial charge on any atom is -0.464 e. The van der Waals surface area contributed by atoms with E-state index in [9.17, 15) is 9.59 Å². The van der Waals surface area contributed by atoms with E-state index < -0.39 is 0 Å². The van der Waals surface area contributed by atoms with Crippen LogP contribution in [0.2, 0.25) is 0 Å². The Kier molecular flexibility index (Phi) is 4.57. The molecule has 2 atom stereocenters. The lowest BCUT2D eigenvalue weighted by Gasteiger charge is -2.24. The third-order valence-electron chi connectivity index (χ3n) is 2.43. The van der Waals surface area contributed by atoms with E-state index >= 15 is 0 Å². The molecule has 1 fully saturated rings. The molecule has 0 aromatic carbocycles. The van der Waals surface area contributed by atoms with Crippen LogP contribution >= 0.6 is 15.9 Å². The standard InChI is InChI=1S/C10H16BrNO3/c1-3-15-10(14)8-5-4-6-12(8)9(13)7(2)11/h7-8H,3-6H2,1-2H3. The minimum atomic E-state index is -0.377. The molecule has 0 bridgehead atoms. The highest BCUT2D eigenvalue weighted by molar-refractivity contribution is 9.10. The first-order chi connectivity index (χ1) is 7.07. The molecule has 1 saturated heterocycles. The molecule has 1 rings (SSSR count). The van der Waals surface area contributed by atoms with Gasteiger partial charge < -0.3 is 9.64 Å². The van der Waals surface area contributed by atoms with E-state index in [2.05, 4.69) is 15.9 Å². The maximum Gasteiger partial charge on any atom is 0.328 e. The predicted octanol–water partition coefficient (Wildman–Crippen LogP) is 1.32. The molecular formula is C10H16BrNO3. The number of hydrogen-bond donors (Lipinski definition) is 0. The number of likely N-dealkylation sites (tertiary alicyclic amines) is 1. The minimum absolute atomic E-state index is 0.0365. The fraction of sp³-hybridized carbons (Fsp3) is 0.800. The fourth-order valence-corrected chi connectivity index (χ4v) is 2.01. The normalized spacial score (nSPS) is 22.6. The summed E-state index contributed by atoms with van der Waals surface area (Å²) in [5.41, 5.74) is 0. The number of nitrogens with zero attached hydrogens (tertiary/aromatic N) is 1. The van der Waals surface area contributed by atoms with E-state index in [0.717, 1.165) is 6.42 Å². The molecule has 0 saturated carbocycles. The van der Waals surface area contributed by atoms with Crippen molar-refractivity contribution in [2.45, 2.75) is 37.6 Å². The third-order valence-corrected chi connectivity index (χ3v) is 2.83. The van der Waals surface area contributed by atoms with Gasteiger partial charge in [-0.3, -0.25) is 4.79 Å². The zero-order valence-electron chi connectivity index (χ0n) is 9.03. The molecule has 0 aromatic heterocycles. The van der Waals surface area contributed by atoms with Gasteiger partial charge in [-0.05, 0) is 26.7 Å². The van der Waals surface area contributed by atoms with Crippen LogP contribution in [0.1, 0.15) is 26.7 Å². The molecule has 0 radical (unpaired) electrons. The van der Waals surface area contributed by atoms with Crippen molar-refractivity contribution >= 4 is 27.8 Å². The van der Waals surface area contributed by atoms with Gasteiger partial charge in [0.15, 0.2) is 0 Å². The summed E-state index contributed by atoms with van der Waals surface area (Å²) in [5, 5.41) is 0. The van der Waals surface area contributed by atoms with Gasteiger partial charge in [-0.15, -0.1) is 0 Å². The molecule has 0 aromatic rings. The zero-order valence-corrected chi connectivity index (χ0v) is 10.6. The molecule has 0 aliphatic carbocycles. The number of ether oxygens (including phenoxy) is 1. The van der Waals surface area contributed by atoms with E-state index in [4.69, 9.17) is 4.74 Å². The van der Waals surface area contributed by atoms with Crippen molar-refractivity contribution in [3.05, 3.63) is 0 Å². The van der Waals surface area contributed by atoms with Gasteiger partial charge in [-0.25, -0.2) is 4.79 Å². The Morgan fingerprint density at radius 3 is 2.80 bits per heavy atom. The Balaban J connectivity index is 2.64. The molecule has 2 unspecified atom stereocenters. The van der Waals surface area contributed by atoms with Crippen LogP contribution in [0.15, 0.2) is 0 Å². The molecule has 0 N–H and O–H groups in total. The fourth-order valence-electron chi connectivity index (χ4n) is 1.74. The maximum absolute atomic E-state index is 11.7. The Hall–Kier alpha value is -0.580. The van der Waals surface area contributed by atoms with Crippen molar-refractivity contribution in [3.8, 4) is 0 Å². The van der Waals surface area contributed by atoms with Crippen LogP contribution in [0.4, 0.5) is 0 Å². The van der Waals surface area contributed by atoms with Crippen molar-refractivity contribution in [1.82, 2.24) is 4.90 Å². The number of rotatable bonds is 3. The highest BCUT2D eigenvalue weighted by Gasteiger charge is 2.36. The highest BCUT2D eigenvalue weighted by atomic mass is 79.9. The van der Waals surface area contributed by atoms with Crippen molar-refractivity contribution in [2.24, 2.45) is 0 Å². The topological polar surface area (TPSA) is 46.6 Å². The van der Waals surface area contributed by atoms with Crippen LogP contribution in [0.25, 0.3) is 0 Å². The Morgan fingerprint density at radius 2 is 2.27 bits per heavy atom. The van der Waals surface area contributed by atoms with Gasteiger partial charge in [0, 0.05) is 6.54 Å². The first-order valence-corrected chi connectivity index (χ1v) is 6.10. The third kappa shape index (κ3) is 2.93. The lowest BCUT2D eigenvalue weighted by Crippen LogP contribution is -2.44. The smallest absolute Gasteiger partial charge is 0.328 e. The van der Waals surface area contributed by atoms with Crippen molar-refractivity contribution < 1.29 is 14.3 Å². The molecule has 4 nitrogen and oxygen atoms in total. The zero-order chi connectivity index (χ0) is 11.4. The molecule has 1 aliphatic rings. The molecule has 86 valence electrons. The number of carbonyl (C=O) groups is 2. The van der Waals surface area contributed by atoms with E-state index in [1.54, 1.807) is 18.7 Å². The Morgan fingerprint density at radius 1 is 1.60 bits per heavy atom. The number of alkyl halides is 1. The van der Waals surface area contributed by atoms with Gasteiger partial charge in [-0.1, -0.05) is 15.9 Å². The monoisotopic (exact) mass is 277 g/mol. The SMILES string of the molecule is CCOC(=O)C1CCCN1C(=O)C(C)Br. The lowest BCUT2D eigenvalue weighted by molar-refractivity contribution is -0.152. The van der Waals surface area contributed by atoms with Gasteiger partial charge in [0.05, 0.1) is 11.4 Å². The summed E-state index contributed by atoms with van der Waals surface area (Å²) in [6.45, 7) is 4.55. The predicted molar refractivity (Wildman–Crippen MR) is 59.8 cm³/mol. The van der Waals surface area contributed by atoms with Crippen LogP contribution in [0, 0.1) is 0 Å². The average molecular weight is 278 g/mol. The second-order valence-corrected chi connectivity index (χ2v) is 4.93. The number of amides is 1. The first kappa shape index (κ1) is 12.5. The largest absolute Gasteiger partial charge is 0.464 e. The quantitative estimate of drug-likeness (QED) is 0.578. The molecule has 0 spiro atoms. The Bertz CT molecular complexity index is 255. The van der Waals surface area contributed by atoms with E-state index in [1.807, 2.05) is 0 Å². The van der Waals surface area contributed by atoms with Crippen LogP contribution < -0.4 is 0 Å². The average Bonchev–Trinajstić information content (AvgIpc) is 2.65. The molecule has 1 heterocycles. The summed E-state index contributed by atoms with van der Waals surface area (Å²) in [7, 11) is 0. The van der Waals surface area contributed by atoms with E-state index in [1.165, 1.54) is 0 Å². The van der Waals surface area contributed by atoms with Crippen molar-refractivity contribution in [3.63, 3.8) is 0 Å². The molecule has 15 heavy (non-hydrogen) atoms. The Labute approximate surface area is 98.1 Å². The summed E-state index contributed by atoms with van der Waals surface area (Å²) < 4.78 is 4.94. The van der Waals surface area contributed by atoms with Crippen LogP contribution in [-0.4, -0.2) is 40.8 Å².